The van der Waals surface area contributed by atoms with Gasteiger partial charge in [-0.05, 0) is 25.5 Å². The predicted octanol–water partition coefficient (Wildman–Crippen LogP) is 3.44. The third-order valence-corrected chi connectivity index (χ3v) is 6.40. The summed E-state index contributed by atoms with van der Waals surface area (Å²) in [5, 5.41) is 13.9. The van der Waals surface area contributed by atoms with E-state index in [1.165, 1.54) is 28.5 Å². The number of rotatable bonds is 10. The number of carboxylic acid groups (broad SMARTS) is 1. The number of nitrogens with one attached hydrogen (secondary N) is 1. The Balaban J connectivity index is 1.50. The van der Waals surface area contributed by atoms with Crippen molar-refractivity contribution in [2.75, 3.05) is 30.8 Å². The van der Waals surface area contributed by atoms with E-state index < -0.39 is 5.97 Å². The minimum Gasteiger partial charge on any atom is -0.494 e. The molecule has 1 unspecified atom stereocenters. The van der Waals surface area contributed by atoms with E-state index in [2.05, 4.69) is 10.3 Å². The van der Waals surface area contributed by atoms with Crippen LogP contribution in [0.2, 0.25) is 0 Å². The van der Waals surface area contributed by atoms with Crippen molar-refractivity contribution in [1.29, 1.82) is 0 Å². The molecule has 7 nitrogen and oxygen atoms in total. The molecule has 0 spiro atoms. The summed E-state index contributed by atoms with van der Waals surface area (Å²) >= 11 is 2.80. The fraction of sp³-hybridized carbons (Fsp3) is 0.421. The van der Waals surface area contributed by atoms with Gasteiger partial charge in [-0.3, -0.25) is 4.79 Å². The molecule has 0 aliphatic carbocycles. The lowest BCUT2D eigenvalue weighted by Gasteiger charge is -2.25. The number of amides is 1. The topological polar surface area (TPSA) is 91.8 Å². The Hall–Kier alpha value is -2.26. The fourth-order valence-electron chi connectivity index (χ4n) is 3.06. The first-order valence-corrected chi connectivity index (χ1v) is 11.0. The van der Waals surface area contributed by atoms with Gasteiger partial charge in [-0.2, -0.15) is 0 Å². The summed E-state index contributed by atoms with van der Waals surface area (Å²) in [7, 11) is 0. The molecule has 0 bridgehead atoms. The van der Waals surface area contributed by atoms with E-state index in [-0.39, 0.29) is 17.6 Å². The van der Waals surface area contributed by atoms with Crippen LogP contribution in [-0.2, 0) is 4.79 Å². The number of thioether (sulfide) groups is 1. The number of anilines is 1. The molecule has 28 heavy (non-hydrogen) atoms. The molecule has 2 heterocycles. The summed E-state index contributed by atoms with van der Waals surface area (Å²) in [4.78, 5) is 29.1. The predicted molar refractivity (Wildman–Crippen MR) is 111 cm³/mol. The van der Waals surface area contributed by atoms with Crippen LogP contribution in [0.3, 0.4) is 0 Å². The number of carboxylic acids is 1. The average Bonchev–Trinajstić information content (AvgIpc) is 3.29. The SMILES string of the molecule is CCOc1cccc(NCC2CCC(=O)N2CCSc2nc(C(=O)O)cs2)c1. The molecule has 0 saturated carbocycles. The van der Waals surface area contributed by atoms with Crippen LogP contribution in [0, 0.1) is 0 Å². The maximum absolute atomic E-state index is 12.2. The molecule has 1 aromatic carbocycles. The summed E-state index contributed by atoms with van der Waals surface area (Å²) in [6, 6.07) is 7.96. The maximum atomic E-state index is 12.2. The molecule has 2 N–H and O–H groups in total. The third-order valence-electron chi connectivity index (χ3n) is 4.40. The Kier molecular flexibility index (Phi) is 7.16. The number of thiazole rings is 1. The molecular weight excluding hydrogens is 398 g/mol. The largest absolute Gasteiger partial charge is 0.494 e. The second kappa shape index (κ2) is 9.79. The Morgan fingerprint density at radius 3 is 3.11 bits per heavy atom. The van der Waals surface area contributed by atoms with E-state index >= 15 is 0 Å². The van der Waals surface area contributed by atoms with E-state index in [4.69, 9.17) is 9.84 Å². The smallest absolute Gasteiger partial charge is 0.355 e. The average molecular weight is 422 g/mol. The van der Waals surface area contributed by atoms with Gasteiger partial charge in [-0.15, -0.1) is 11.3 Å². The fourth-order valence-corrected chi connectivity index (χ4v) is 4.87. The van der Waals surface area contributed by atoms with Crippen molar-refractivity contribution in [1.82, 2.24) is 9.88 Å². The molecule has 9 heteroatoms. The first-order chi connectivity index (χ1) is 13.6. The Bertz CT molecular complexity index is 827. The zero-order valence-corrected chi connectivity index (χ0v) is 17.2. The van der Waals surface area contributed by atoms with Crippen molar-refractivity contribution < 1.29 is 19.4 Å². The maximum Gasteiger partial charge on any atom is 0.355 e. The highest BCUT2D eigenvalue weighted by molar-refractivity contribution is 8.01. The van der Waals surface area contributed by atoms with Gasteiger partial charge in [0, 0.05) is 48.4 Å². The van der Waals surface area contributed by atoms with Crippen LogP contribution in [0.15, 0.2) is 34.0 Å². The Morgan fingerprint density at radius 1 is 1.50 bits per heavy atom. The third kappa shape index (κ3) is 5.39. The van der Waals surface area contributed by atoms with Gasteiger partial charge in [0.25, 0.3) is 0 Å². The standard InChI is InChI=1S/C19H23N3O4S2/c1-2-26-15-5-3-4-13(10-15)20-11-14-6-7-17(23)22(14)8-9-27-19-21-16(12-28-19)18(24)25/h3-5,10,12,14,20H,2,6-9,11H2,1H3,(H,24,25). The Morgan fingerprint density at radius 2 is 2.36 bits per heavy atom. The summed E-state index contributed by atoms with van der Waals surface area (Å²) < 4.78 is 6.23. The molecule has 2 aromatic rings. The van der Waals surface area contributed by atoms with Crippen LogP contribution in [0.25, 0.3) is 0 Å². The van der Waals surface area contributed by atoms with Crippen molar-refractivity contribution >= 4 is 40.7 Å². The highest BCUT2D eigenvalue weighted by Gasteiger charge is 2.30. The van der Waals surface area contributed by atoms with Gasteiger partial charge in [-0.1, -0.05) is 17.8 Å². The van der Waals surface area contributed by atoms with Crippen LogP contribution < -0.4 is 10.1 Å². The summed E-state index contributed by atoms with van der Waals surface area (Å²) in [5.41, 5.74) is 1.05. The van der Waals surface area contributed by atoms with Crippen molar-refractivity contribution in [3.63, 3.8) is 0 Å². The summed E-state index contributed by atoms with van der Waals surface area (Å²) in [6.45, 7) is 3.89. The number of hydrogen-bond acceptors (Lipinski definition) is 7. The number of ether oxygens (including phenoxy) is 1. The molecular formula is C19H23N3O4S2. The van der Waals surface area contributed by atoms with Gasteiger partial charge in [0.1, 0.15) is 5.75 Å². The van der Waals surface area contributed by atoms with Crippen LogP contribution in [0.4, 0.5) is 5.69 Å². The molecule has 1 fully saturated rings. The highest BCUT2D eigenvalue weighted by Crippen LogP contribution is 2.25. The van der Waals surface area contributed by atoms with Crippen LogP contribution in [0.5, 0.6) is 5.75 Å². The lowest BCUT2D eigenvalue weighted by atomic mass is 10.2. The lowest BCUT2D eigenvalue weighted by molar-refractivity contribution is -0.128. The zero-order chi connectivity index (χ0) is 19.9. The van der Waals surface area contributed by atoms with Gasteiger partial charge in [0.15, 0.2) is 10.0 Å². The van der Waals surface area contributed by atoms with E-state index in [0.29, 0.717) is 36.2 Å². The normalized spacial score (nSPS) is 16.4. The Labute approximate surface area is 172 Å². The van der Waals surface area contributed by atoms with Gasteiger partial charge in [0.2, 0.25) is 5.91 Å². The van der Waals surface area contributed by atoms with Gasteiger partial charge in [0.05, 0.1) is 6.61 Å². The second-order valence-electron chi connectivity index (χ2n) is 6.27. The molecule has 1 aliphatic heterocycles. The summed E-state index contributed by atoms with van der Waals surface area (Å²) in [5.74, 6) is 0.667. The van der Waals surface area contributed by atoms with E-state index in [9.17, 15) is 9.59 Å². The number of carbonyl (C=O) groups is 2. The quantitative estimate of drug-likeness (QED) is 0.568. The molecule has 1 atom stereocenters. The zero-order valence-electron chi connectivity index (χ0n) is 15.6. The molecule has 1 saturated heterocycles. The van der Waals surface area contributed by atoms with Crippen LogP contribution in [-0.4, -0.2) is 58.4 Å². The number of nitrogens with zero attached hydrogens (tertiary/aromatic N) is 2. The minimum atomic E-state index is -1.02. The van der Waals surface area contributed by atoms with Gasteiger partial charge >= 0.3 is 5.97 Å². The number of aromatic nitrogens is 1. The number of aromatic carboxylic acids is 1. The number of hydrogen-bond donors (Lipinski definition) is 2. The van der Waals surface area contributed by atoms with E-state index in [1.807, 2.05) is 36.1 Å². The molecule has 1 amide bonds. The molecule has 1 aromatic heterocycles. The second-order valence-corrected chi connectivity index (χ2v) is 8.47. The molecule has 150 valence electrons. The van der Waals surface area contributed by atoms with E-state index in [0.717, 1.165) is 17.9 Å². The van der Waals surface area contributed by atoms with Gasteiger partial charge in [-0.25, -0.2) is 9.78 Å². The number of benzene rings is 1. The molecule has 0 radical (unpaired) electrons. The first-order valence-electron chi connectivity index (χ1n) is 9.14. The number of likely N-dealkylation sites (tertiary alicyclic amines) is 1. The van der Waals surface area contributed by atoms with Crippen molar-refractivity contribution in [3.8, 4) is 5.75 Å². The number of carbonyl (C=O) groups excluding carboxylic acids is 1. The van der Waals surface area contributed by atoms with Crippen molar-refractivity contribution in [2.24, 2.45) is 0 Å². The molecule has 1 aliphatic rings. The highest BCUT2D eigenvalue weighted by atomic mass is 32.2. The lowest BCUT2D eigenvalue weighted by Crippen LogP contribution is -2.39. The van der Waals surface area contributed by atoms with Crippen molar-refractivity contribution in [3.05, 3.63) is 35.3 Å². The van der Waals surface area contributed by atoms with Crippen molar-refractivity contribution in [2.45, 2.75) is 30.1 Å². The van der Waals surface area contributed by atoms with Gasteiger partial charge < -0.3 is 20.1 Å². The van der Waals surface area contributed by atoms with E-state index in [1.54, 1.807) is 0 Å². The minimum absolute atomic E-state index is 0.0705. The summed E-state index contributed by atoms with van der Waals surface area (Å²) in [6.07, 6.45) is 1.40. The molecule has 3 rings (SSSR count). The monoisotopic (exact) mass is 421 g/mol. The first kappa shape index (κ1) is 20.5. The van der Waals surface area contributed by atoms with Crippen LogP contribution >= 0.6 is 23.1 Å². The van der Waals surface area contributed by atoms with Crippen LogP contribution in [0.1, 0.15) is 30.3 Å².